The van der Waals surface area contributed by atoms with E-state index >= 15 is 0 Å². The molecule has 3 aromatic rings. The maximum atomic E-state index is 13.6. The molecule has 16 heteroatoms. The SMILES string of the molecule is COC(=O)C1=C(C)N(c2cccc(C(F)(F)F)c2)c2n[nH]c(=O)n2C1c1ccc(C#N)cc1C[N+]1(C)CCN(S(C)(=O)=O)CC1. The van der Waals surface area contributed by atoms with Gasteiger partial charge < -0.3 is 9.22 Å². The van der Waals surface area contributed by atoms with Gasteiger partial charge in [-0.1, -0.05) is 12.1 Å². The van der Waals surface area contributed by atoms with Crippen molar-refractivity contribution in [1.82, 2.24) is 19.1 Å². The number of allylic oxidation sites excluding steroid dienone is 1. The normalized spacial score (nSPS) is 18.8. The second kappa shape index (κ2) is 11.5. The molecule has 238 valence electrons. The number of carbonyl (C=O) groups is 1. The van der Waals surface area contributed by atoms with Gasteiger partial charge in [0.25, 0.3) is 0 Å². The molecule has 0 aliphatic carbocycles. The third-order valence-electron chi connectivity index (χ3n) is 8.35. The fourth-order valence-electron chi connectivity index (χ4n) is 5.99. The number of nitrogens with zero attached hydrogens (tertiary/aromatic N) is 6. The van der Waals surface area contributed by atoms with Gasteiger partial charge in [-0.25, -0.2) is 27.7 Å². The Morgan fingerprint density at radius 1 is 1.20 bits per heavy atom. The summed E-state index contributed by atoms with van der Waals surface area (Å²) in [6, 6.07) is 10.3. The molecule has 1 saturated heterocycles. The molecule has 0 saturated carbocycles. The third-order valence-corrected chi connectivity index (χ3v) is 9.65. The highest BCUT2D eigenvalue weighted by atomic mass is 32.2. The van der Waals surface area contributed by atoms with Crippen molar-refractivity contribution in [1.29, 1.82) is 5.26 Å². The van der Waals surface area contributed by atoms with Gasteiger partial charge in [-0.2, -0.15) is 22.7 Å². The number of fused-ring (bicyclic) bond motifs is 1. The lowest BCUT2D eigenvalue weighted by Crippen LogP contribution is -2.57. The van der Waals surface area contributed by atoms with Crippen LogP contribution in [0.2, 0.25) is 0 Å². The van der Waals surface area contributed by atoms with Gasteiger partial charge in [0.1, 0.15) is 12.6 Å². The number of hydrogen-bond acceptors (Lipinski definition) is 8. The molecule has 0 radical (unpaired) electrons. The zero-order chi connectivity index (χ0) is 32.9. The first-order chi connectivity index (χ1) is 21.1. The van der Waals surface area contributed by atoms with Crippen LogP contribution in [-0.2, 0) is 32.3 Å². The molecule has 2 aliphatic heterocycles. The zero-order valence-electron chi connectivity index (χ0n) is 24.9. The number of halogens is 3. The Bertz CT molecular complexity index is 1900. The number of nitrogens with one attached hydrogen (secondary N) is 1. The summed E-state index contributed by atoms with van der Waals surface area (Å²) >= 11 is 0. The minimum atomic E-state index is -4.65. The Hall–Kier alpha value is -4.46. The number of sulfonamides is 1. The Kier molecular flexibility index (Phi) is 8.15. The number of H-pyrrole nitrogens is 1. The van der Waals surface area contributed by atoms with Crippen LogP contribution in [-0.4, -0.2) is 84.5 Å². The standard InChI is InChI=1S/C29H30F3N7O5S/c1-18-24(26(40)44-3)25(38-27(34-35-28(38)41)37(18)22-7-5-6-21(15-22)29(30,31)32)23-9-8-19(16-33)14-20(23)17-39(2)12-10-36(11-13-39)45(4,42)43/h5-9,14-15,25H,10-13,17H2,1-4H3/p+1. The van der Waals surface area contributed by atoms with Gasteiger partial charge >= 0.3 is 17.8 Å². The number of likely N-dealkylation sites (N-methyl/N-ethyl adjacent to an activating group) is 1. The molecule has 0 bridgehead atoms. The first kappa shape index (κ1) is 31.9. The number of benzene rings is 2. The lowest BCUT2D eigenvalue weighted by atomic mass is 9.89. The van der Waals surface area contributed by atoms with Crippen LogP contribution in [0.15, 0.2) is 58.5 Å². The minimum Gasteiger partial charge on any atom is -0.466 e. The van der Waals surface area contributed by atoms with E-state index in [0.29, 0.717) is 40.8 Å². The van der Waals surface area contributed by atoms with Gasteiger partial charge in [-0.3, -0.25) is 4.90 Å². The number of methoxy groups -OCH3 is 1. The van der Waals surface area contributed by atoms with Crippen LogP contribution in [0.25, 0.3) is 0 Å². The van der Waals surface area contributed by atoms with Gasteiger partial charge in [-0.05, 0) is 42.8 Å². The molecule has 45 heavy (non-hydrogen) atoms. The fraction of sp³-hybridized carbons (Fsp3) is 0.379. The van der Waals surface area contributed by atoms with Gasteiger partial charge in [0.2, 0.25) is 16.0 Å². The smallest absolute Gasteiger partial charge is 0.416 e. The highest BCUT2D eigenvalue weighted by Gasteiger charge is 2.42. The highest BCUT2D eigenvalue weighted by molar-refractivity contribution is 7.88. The van der Waals surface area contributed by atoms with Crippen LogP contribution in [0.1, 0.15) is 35.2 Å². The van der Waals surface area contributed by atoms with Gasteiger partial charge in [0.15, 0.2) is 0 Å². The number of aromatic amines is 1. The van der Waals surface area contributed by atoms with Gasteiger partial charge in [-0.15, -0.1) is 5.10 Å². The molecule has 0 spiro atoms. The van der Waals surface area contributed by atoms with E-state index in [2.05, 4.69) is 16.3 Å². The number of nitriles is 1. The Labute approximate surface area is 257 Å². The van der Waals surface area contributed by atoms with Gasteiger partial charge in [0.05, 0.1) is 69.4 Å². The summed E-state index contributed by atoms with van der Waals surface area (Å²) in [6.45, 7) is 3.36. The van der Waals surface area contributed by atoms with Crippen molar-refractivity contribution in [3.8, 4) is 6.07 Å². The topological polar surface area (TPSA) is 141 Å². The summed E-state index contributed by atoms with van der Waals surface area (Å²) in [4.78, 5) is 28.1. The van der Waals surface area contributed by atoms with E-state index in [-0.39, 0.29) is 36.0 Å². The predicted molar refractivity (Wildman–Crippen MR) is 156 cm³/mol. The molecule has 2 aliphatic rings. The number of aromatic nitrogens is 3. The van der Waals surface area contributed by atoms with Crippen LogP contribution in [0.5, 0.6) is 0 Å². The summed E-state index contributed by atoms with van der Waals surface area (Å²) in [5, 5.41) is 16.2. The maximum absolute atomic E-state index is 13.6. The summed E-state index contributed by atoms with van der Waals surface area (Å²) in [7, 11) is -0.258. The second-order valence-electron chi connectivity index (χ2n) is 11.4. The average molecular weight is 647 g/mol. The van der Waals surface area contributed by atoms with Crippen LogP contribution >= 0.6 is 0 Å². The number of ether oxygens (including phenoxy) is 1. The maximum Gasteiger partial charge on any atom is 0.416 e. The van der Waals surface area contributed by atoms with Crippen molar-refractivity contribution in [3.63, 3.8) is 0 Å². The van der Waals surface area contributed by atoms with Crippen LogP contribution in [0, 0.1) is 11.3 Å². The minimum absolute atomic E-state index is 0.0126. The van der Waals surface area contributed by atoms with E-state index in [1.807, 2.05) is 7.05 Å². The number of carbonyl (C=O) groups excluding carboxylic acids is 1. The first-order valence-corrected chi connectivity index (χ1v) is 15.7. The van der Waals surface area contributed by atoms with Crippen molar-refractivity contribution in [2.45, 2.75) is 25.7 Å². The van der Waals surface area contributed by atoms with E-state index < -0.39 is 39.5 Å². The molecular weight excluding hydrogens is 615 g/mol. The molecule has 1 N–H and O–H groups in total. The summed E-state index contributed by atoms with van der Waals surface area (Å²) in [6.07, 6.45) is -3.49. The van der Waals surface area contributed by atoms with E-state index in [1.54, 1.807) is 18.2 Å². The molecular formula is C29H31F3N7O5S+. The van der Waals surface area contributed by atoms with Gasteiger partial charge in [0, 0.05) is 16.9 Å². The Morgan fingerprint density at radius 2 is 1.89 bits per heavy atom. The van der Waals surface area contributed by atoms with E-state index in [0.717, 1.165) is 25.5 Å². The van der Waals surface area contributed by atoms with Crippen molar-refractivity contribution in [2.75, 3.05) is 51.5 Å². The van der Waals surface area contributed by atoms with Crippen LogP contribution in [0.3, 0.4) is 0 Å². The molecule has 1 fully saturated rings. The molecule has 0 amide bonds. The second-order valence-corrected chi connectivity index (χ2v) is 13.4. The third kappa shape index (κ3) is 5.98. The molecule has 1 aromatic heterocycles. The lowest BCUT2D eigenvalue weighted by Gasteiger charge is -2.42. The summed E-state index contributed by atoms with van der Waals surface area (Å²) in [5.74, 6) is -0.863. The molecule has 5 rings (SSSR count). The number of hydrogen-bond donors (Lipinski definition) is 1. The first-order valence-electron chi connectivity index (χ1n) is 13.8. The quantitative estimate of drug-likeness (QED) is 0.319. The number of anilines is 2. The number of piperazine rings is 1. The predicted octanol–water partition coefficient (Wildman–Crippen LogP) is 2.87. The van der Waals surface area contributed by atoms with E-state index in [9.17, 15) is 36.4 Å². The van der Waals surface area contributed by atoms with Crippen molar-refractivity contribution in [2.24, 2.45) is 0 Å². The number of quaternary nitrogens is 1. The monoisotopic (exact) mass is 646 g/mol. The van der Waals surface area contributed by atoms with Crippen molar-refractivity contribution >= 4 is 27.6 Å². The molecule has 12 nitrogen and oxygen atoms in total. The largest absolute Gasteiger partial charge is 0.466 e. The Balaban J connectivity index is 1.68. The number of rotatable bonds is 6. The molecule has 3 heterocycles. The summed E-state index contributed by atoms with van der Waals surface area (Å²) < 4.78 is 73.3. The van der Waals surface area contributed by atoms with Crippen LogP contribution < -0.4 is 10.6 Å². The van der Waals surface area contributed by atoms with E-state index in [4.69, 9.17) is 4.74 Å². The van der Waals surface area contributed by atoms with E-state index in [1.165, 1.54) is 32.8 Å². The Morgan fingerprint density at radius 3 is 2.49 bits per heavy atom. The van der Waals surface area contributed by atoms with Crippen LogP contribution in [0.4, 0.5) is 24.8 Å². The zero-order valence-corrected chi connectivity index (χ0v) is 25.7. The number of alkyl halides is 3. The lowest BCUT2D eigenvalue weighted by molar-refractivity contribution is -0.925. The average Bonchev–Trinajstić information content (AvgIpc) is 3.36. The molecule has 1 unspecified atom stereocenters. The fourth-order valence-corrected chi connectivity index (χ4v) is 6.81. The number of esters is 1. The molecule has 2 aromatic carbocycles. The van der Waals surface area contributed by atoms with Crippen molar-refractivity contribution < 1.29 is 35.6 Å². The van der Waals surface area contributed by atoms with Crippen molar-refractivity contribution in [3.05, 3.63) is 86.5 Å². The molecule has 1 atom stereocenters. The highest BCUT2D eigenvalue weighted by Crippen LogP contribution is 2.44. The summed E-state index contributed by atoms with van der Waals surface area (Å²) in [5.41, 5.74) is -0.0284.